The fourth-order valence-electron chi connectivity index (χ4n) is 2.46. The number of rotatable bonds is 3. The zero-order chi connectivity index (χ0) is 13.1. The molecule has 0 saturated carbocycles. The van der Waals surface area contributed by atoms with Crippen molar-refractivity contribution in [2.75, 3.05) is 7.11 Å². The molecule has 0 aromatic heterocycles. The molecule has 19 heavy (non-hydrogen) atoms. The van der Waals surface area contributed by atoms with Crippen LogP contribution in [-0.2, 0) is 4.74 Å². The topological polar surface area (TPSA) is 9.23 Å². The summed E-state index contributed by atoms with van der Waals surface area (Å²) >= 11 is 0. The molecule has 3 aromatic rings. The van der Waals surface area contributed by atoms with Gasteiger partial charge in [0.25, 0.3) is 0 Å². The highest BCUT2D eigenvalue weighted by molar-refractivity contribution is 5.83. The molecule has 0 amide bonds. The number of methoxy groups -OCH3 is 1. The van der Waals surface area contributed by atoms with Crippen molar-refractivity contribution in [2.24, 2.45) is 0 Å². The number of hydrogen-bond acceptors (Lipinski definition) is 1. The van der Waals surface area contributed by atoms with E-state index in [1.807, 2.05) is 18.2 Å². The van der Waals surface area contributed by atoms with Crippen molar-refractivity contribution in [1.29, 1.82) is 0 Å². The van der Waals surface area contributed by atoms with Crippen LogP contribution in [-0.4, -0.2) is 7.11 Å². The Bertz CT molecular complexity index is 673. The van der Waals surface area contributed by atoms with Crippen LogP contribution in [0.25, 0.3) is 10.8 Å². The SMILES string of the molecule is CO[C@@H](c1ccccc1)c1ccc2ccccc2c1. The molecule has 3 aromatic carbocycles. The van der Waals surface area contributed by atoms with Crippen LogP contribution in [0.3, 0.4) is 0 Å². The van der Waals surface area contributed by atoms with Crippen LogP contribution in [0.15, 0.2) is 72.8 Å². The Labute approximate surface area is 113 Å². The second-order valence-corrected chi connectivity index (χ2v) is 4.63. The summed E-state index contributed by atoms with van der Waals surface area (Å²) in [5.74, 6) is 0. The first-order chi connectivity index (χ1) is 9.38. The van der Waals surface area contributed by atoms with Crippen LogP contribution in [0.1, 0.15) is 17.2 Å². The molecule has 0 heterocycles. The van der Waals surface area contributed by atoms with Gasteiger partial charge in [-0.25, -0.2) is 0 Å². The third-order valence-electron chi connectivity index (χ3n) is 3.41. The van der Waals surface area contributed by atoms with E-state index in [9.17, 15) is 0 Å². The van der Waals surface area contributed by atoms with Crippen LogP contribution < -0.4 is 0 Å². The number of hydrogen-bond donors (Lipinski definition) is 0. The van der Waals surface area contributed by atoms with E-state index in [1.165, 1.54) is 21.9 Å². The molecule has 1 heteroatoms. The Morgan fingerprint density at radius 3 is 2.11 bits per heavy atom. The summed E-state index contributed by atoms with van der Waals surface area (Å²) in [6.07, 6.45) is -0.00851. The van der Waals surface area contributed by atoms with E-state index in [1.54, 1.807) is 7.11 Å². The van der Waals surface area contributed by atoms with Gasteiger partial charge in [0.2, 0.25) is 0 Å². The zero-order valence-corrected chi connectivity index (χ0v) is 10.9. The highest BCUT2D eigenvalue weighted by Crippen LogP contribution is 2.27. The average Bonchev–Trinajstić information content (AvgIpc) is 2.49. The Balaban J connectivity index is 2.06. The highest BCUT2D eigenvalue weighted by atomic mass is 16.5. The van der Waals surface area contributed by atoms with Crippen LogP contribution in [0, 0.1) is 0 Å². The molecule has 0 aliphatic rings. The van der Waals surface area contributed by atoms with Gasteiger partial charge in [0.05, 0.1) is 0 Å². The zero-order valence-electron chi connectivity index (χ0n) is 10.9. The van der Waals surface area contributed by atoms with Crippen LogP contribution in [0.5, 0.6) is 0 Å². The van der Waals surface area contributed by atoms with Gasteiger partial charge in [-0.05, 0) is 28.0 Å². The summed E-state index contributed by atoms with van der Waals surface area (Å²) < 4.78 is 5.67. The third kappa shape index (κ3) is 2.38. The molecule has 3 rings (SSSR count). The lowest BCUT2D eigenvalue weighted by atomic mass is 9.98. The molecular weight excluding hydrogens is 232 g/mol. The maximum Gasteiger partial charge on any atom is 0.107 e. The number of benzene rings is 3. The van der Waals surface area contributed by atoms with Gasteiger partial charge in [0, 0.05) is 7.11 Å². The first-order valence-electron chi connectivity index (χ1n) is 6.45. The number of fused-ring (bicyclic) bond motifs is 1. The molecule has 0 radical (unpaired) electrons. The standard InChI is InChI=1S/C18H16O/c1-19-18(15-8-3-2-4-9-15)17-12-11-14-7-5-6-10-16(14)13-17/h2-13,18H,1H3/t18-/m0/s1. The maximum absolute atomic E-state index is 5.67. The van der Waals surface area contributed by atoms with Crippen molar-refractivity contribution in [1.82, 2.24) is 0 Å². The van der Waals surface area contributed by atoms with Gasteiger partial charge in [-0.15, -0.1) is 0 Å². The summed E-state index contributed by atoms with van der Waals surface area (Å²) in [4.78, 5) is 0. The Kier molecular flexibility index (Phi) is 3.30. The molecule has 1 atom stereocenters. The van der Waals surface area contributed by atoms with E-state index >= 15 is 0 Å². The molecule has 0 bridgehead atoms. The summed E-state index contributed by atoms with van der Waals surface area (Å²) in [6.45, 7) is 0. The van der Waals surface area contributed by atoms with Gasteiger partial charge in [0.1, 0.15) is 6.10 Å². The van der Waals surface area contributed by atoms with Crippen LogP contribution >= 0.6 is 0 Å². The third-order valence-corrected chi connectivity index (χ3v) is 3.41. The van der Waals surface area contributed by atoms with Crippen LogP contribution in [0.2, 0.25) is 0 Å². The summed E-state index contributed by atoms with van der Waals surface area (Å²) in [5.41, 5.74) is 2.37. The minimum Gasteiger partial charge on any atom is -0.372 e. The van der Waals surface area contributed by atoms with Gasteiger partial charge in [0.15, 0.2) is 0 Å². The first-order valence-corrected chi connectivity index (χ1v) is 6.45. The molecule has 0 saturated heterocycles. The molecule has 1 nitrogen and oxygen atoms in total. The van der Waals surface area contributed by atoms with E-state index in [0.29, 0.717) is 0 Å². The lowest BCUT2D eigenvalue weighted by Crippen LogP contribution is -2.03. The largest absolute Gasteiger partial charge is 0.372 e. The molecule has 0 N–H and O–H groups in total. The quantitative estimate of drug-likeness (QED) is 0.659. The van der Waals surface area contributed by atoms with E-state index in [-0.39, 0.29) is 6.10 Å². The smallest absolute Gasteiger partial charge is 0.107 e. The molecular formula is C18H16O. The second-order valence-electron chi connectivity index (χ2n) is 4.63. The van der Waals surface area contributed by atoms with Crippen molar-refractivity contribution in [2.45, 2.75) is 6.10 Å². The fourth-order valence-corrected chi connectivity index (χ4v) is 2.46. The summed E-state index contributed by atoms with van der Waals surface area (Å²) in [6, 6.07) is 25.2. The average molecular weight is 248 g/mol. The van der Waals surface area contributed by atoms with Crippen molar-refractivity contribution < 1.29 is 4.74 Å². The summed E-state index contributed by atoms with van der Waals surface area (Å²) in [7, 11) is 1.76. The van der Waals surface area contributed by atoms with E-state index in [0.717, 1.165) is 0 Å². The molecule has 0 unspecified atom stereocenters. The number of ether oxygens (including phenoxy) is 1. The Morgan fingerprint density at radius 1 is 0.684 bits per heavy atom. The predicted molar refractivity (Wildman–Crippen MR) is 79.2 cm³/mol. The first kappa shape index (κ1) is 11.9. The van der Waals surface area contributed by atoms with Crippen LogP contribution in [0.4, 0.5) is 0 Å². The van der Waals surface area contributed by atoms with Crippen molar-refractivity contribution in [3.8, 4) is 0 Å². The minimum absolute atomic E-state index is 0.00851. The van der Waals surface area contributed by atoms with Gasteiger partial charge in [-0.2, -0.15) is 0 Å². The molecule has 0 spiro atoms. The van der Waals surface area contributed by atoms with Crippen molar-refractivity contribution in [3.63, 3.8) is 0 Å². The highest BCUT2D eigenvalue weighted by Gasteiger charge is 2.12. The van der Waals surface area contributed by atoms with Gasteiger partial charge >= 0.3 is 0 Å². The Morgan fingerprint density at radius 2 is 1.37 bits per heavy atom. The fraction of sp³-hybridized carbons (Fsp3) is 0.111. The maximum atomic E-state index is 5.67. The molecule has 0 aliphatic carbocycles. The summed E-state index contributed by atoms with van der Waals surface area (Å²) in [5, 5.41) is 2.51. The van der Waals surface area contributed by atoms with Gasteiger partial charge in [-0.1, -0.05) is 66.7 Å². The predicted octanol–water partition coefficient (Wildman–Crippen LogP) is 4.58. The molecule has 94 valence electrons. The second kappa shape index (κ2) is 5.25. The minimum atomic E-state index is -0.00851. The monoisotopic (exact) mass is 248 g/mol. The van der Waals surface area contributed by atoms with Gasteiger partial charge in [-0.3, -0.25) is 0 Å². The lowest BCUT2D eigenvalue weighted by Gasteiger charge is -2.16. The Hall–Kier alpha value is -2.12. The molecule has 0 aliphatic heterocycles. The normalized spacial score (nSPS) is 12.5. The van der Waals surface area contributed by atoms with E-state index in [4.69, 9.17) is 4.74 Å². The van der Waals surface area contributed by atoms with E-state index < -0.39 is 0 Å². The van der Waals surface area contributed by atoms with Crippen molar-refractivity contribution >= 4 is 10.8 Å². The molecule has 0 fully saturated rings. The van der Waals surface area contributed by atoms with Gasteiger partial charge < -0.3 is 4.74 Å². The van der Waals surface area contributed by atoms with Crippen molar-refractivity contribution in [3.05, 3.63) is 83.9 Å². The van der Waals surface area contributed by atoms with E-state index in [2.05, 4.69) is 54.6 Å². The lowest BCUT2D eigenvalue weighted by molar-refractivity contribution is 0.136.